The van der Waals surface area contributed by atoms with Gasteiger partial charge in [-0.05, 0) is 36.2 Å². The van der Waals surface area contributed by atoms with Gasteiger partial charge in [0.2, 0.25) is 0 Å². The lowest BCUT2D eigenvalue weighted by Crippen LogP contribution is -2.53. The minimum Gasteiger partial charge on any atom is -0.478 e. The van der Waals surface area contributed by atoms with Crippen LogP contribution in [0.5, 0.6) is 0 Å². The van der Waals surface area contributed by atoms with Gasteiger partial charge in [0.25, 0.3) is 0 Å². The van der Waals surface area contributed by atoms with Crippen molar-refractivity contribution in [2.24, 2.45) is 0 Å². The van der Waals surface area contributed by atoms with Crippen molar-refractivity contribution in [2.45, 2.75) is 19.0 Å². The molecule has 2 N–H and O–H groups in total. The molecule has 27 heavy (non-hydrogen) atoms. The molecule has 1 fully saturated rings. The fourth-order valence-electron chi connectivity index (χ4n) is 3.40. The van der Waals surface area contributed by atoms with Crippen molar-refractivity contribution in [3.05, 3.63) is 59.3 Å². The highest BCUT2D eigenvalue weighted by Crippen LogP contribution is 2.24. The fraction of sp³-hybridized carbons (Fsp3) is 0.368. The smallest absolute Gasteiger partial charge is 0.339 e. The molecule has 0 aliphatic carbocycles. The first-order chi connectivity index (χ1) is 13.0. The molecule has 8 heteroatoms. The average Bonchev–Trinajstić information content (AvgIpc) is 2.66. The van der Waals surface area contributed by atoms with Crippen molar-refractivity contribution in [3.8, 4) is 0 Å². The number of nitrogens with zero attached hydrogens (tertiary/aromatic N) is 3. The van der Waals surface area contributed by atoms with Crippen molar-refractivity contribution in [1.29, 1.82) is 0 Å². The van der Waals surface area contributed by atoms with Crippen LogP contribution in [0.4, 0.5) is 14.6 Å². The molecule has 3 rings (SSSR count). The van der Waals surface area contributed by atoms with Gasteiger partial charge in [0.05, 0.1) is 0 Å². The van der Waals surface area contributed by atoms with E-state index in [-0.39, 0.29) is 18.2 Å². The third-order valence-electron chi connectivity index (χ3n) is 4.75. The Kier molecular flexibility index (Phi) is 5.98. The van der Waals surface area contributed by atoms with E-state index in [1.807, 2.05) is 4.90 Å². The van der Waals surface area contributed by atoms with Gasteiger partial charge in [0.15, 0.2) is 11.6 Å². The molecule has 0 unspecified atom stereocenters. The zero-order valence-electron chi connectivity index (χ0n) is 14.7. The molecule has 0 spiro atoms. The number of hydrogen-bond donors (Lipinski definition) is 2. The summed E-state index contributed by atoms with van der Waals surface area (Å²) in [7, 11) is 0. The van der Waals surface area contributed by atoms with Gasteiger partial charge in [0, 0.05) is 45.0 Å². The zero-order chi connectivity index (χ0) is 19.4. The Morgan fingerprint density at radius 3 is 2.74 bits per heavy atom. The second-order valence-electron chi connectivity index (χ2n) is 6.51. The van der Waals surface area contributed by atoms with E-state index in [2.05, 4.69) is 9.88 Å². The summed E-state index contributed by atoms with van der Waals surface area (Å²) in [5.41, 5.74) is 0.781. The van der Waals surface area contributed by atoms with Crippen LogP contribution in [-0.4, -0.2) is 58.3 Å². The number of pyridine rings is 1. The number of aliphatic hydroxyl groups excluding tert-OH is 1. The van der Waals surface area contributed by atoms with Crippen LogP contribution in [0.2, 0.25) is 0 Å². The molecule has 0 radical (unpaired) electrons. The number of carboxylic acids is 1. The summed E-state index contributed by atoms with van der Waals surface area (Å²) in [6.07, 6.45) is 2.03. The topological polar surface area (TPSA) is 76.9 Å². The second kappa shape index (κ2) is 8.41. The molecule has 0 saturated carbocycles. The molecule has 2 aromatic rings. The van der Waals surface area contributed by atoms with Crippen LogP contribution in [0.3, 0.4) is 0 Å². The normalized spacial score (nSPS) is 17.9. The lowest BCUT2D eigenvalue weighted by Gasteiger charge is -2.42. The molecule has 6 nitrogen and oxygen atoms in total. The van der Waals surface area contributed by atoms with E-state index in [9.17, 15) is 23.8 Å². The highest BCUT2D eigenvalue weighted by Gasteiger charge is 2.29. The molecule has 1 saturated heterocycles. The third-order valence-corrected chi connectivity index (χ3v) is 4.75. The van der Waals surface area contributed by atoms with E-state index in [0.29, 0.717) is 44.0 Å². The molecular weight excluding hydrogens is 356 g/mol. The number of hydrogen-bond acceptors (Lipinski definition) is 5. The molecule has 2 heterocycles. The first-order valence-corrected chi connectivity index (χ1v) is 8.71. The van der Waals surface area contributed by atoms with Crippen LogP contribution in [0.1, 0.15) is 22.3 Å². The molecule has 144 valence electrons. The summed E-state index contributed by atoms with van der Waals surface area (Å²) in [5, 5.41) is 18.8. The van der Waals surface area contributed by atoms with Gasteiger partial charge in [-0.25, -0.2) is 18.6 Å². The van der Waals surface area contributed by atoms with Crippen LogP contribution in [0.15, 0.2) is 36.5 Å². The summed E-state index contributed by atoms with van der Waals surface area (Å²) in [5.74, 6) is -2.40. The van der Waals surface area contributed by atoms with Crippen LogP contribution < -0.4 is 4.90 Å². The monoisotopic (exact) mass is 377 g/mol. The van der Waals surface area contributed by atoms with E-state index in [4.69, 9.17) is 0 Å². The maximum Gasteiger partial charge on any atom is 0.339 e. The Bertz CT molecular complexity index is 819. The van der Waals surface area contributed by atoms with Gasteiger partial charge < -0.3 is 15.1 Å². The second-order valence-corrected chi connectivity index (χ2v) is 6.51. The summed E-state index contributed by atoms with van der Waals surface area (Å²) in [4.78, 5) is 19.7. The Labute approximate surface area is 155 Å². The minimum atomic E-state index is -1.04. The van der Waals surface area contributed by atoms with Crippen molar-refractivity contribution in [3.63, 3.8) is 0 Å². The maximum absolute atomic E-state index is 13.5. The lowest BCUT2D eigenvalue weighted by atomic mass is 10.1. The largest absolute Gasteiger partial charge is 0.478 e. The fourth-order valence-corrected chi connectivity index (χ4v) is 3.40. The molecule has 0 amide bonds. The summed E-state index contributed by atoms with van der Waals surface area (Å²) >= 11 is 0. The molecule has 1 atom stereocenters. The summed E-state index contributed by atoms with van der Waals surface area (Å²) in [6.45, 7) is 2.01. The molecule has 1 aromatic heterocycles. The number of rotatable bonds is 6. The molecule has 0 bridgehead atoms. The Morgan fingerprint density at radius 1 is 1.22 bits per heavy atom. The molecule has 1 aromatic carbocycles. The van der Waals surface area contributed by atoms with Gasteiger partial charge >= 0.3 is 5.97 Å². The third kappa shape index (κ3) is 4.40. The number of carbonyl (C=O) groups is 1. The van der Waals surface area contributed by atoms with Crippen LogP contribution in [-0.2, 0) is 6.54 Å². The molecule has 1 aliphatic rings. The Balaban J connectivity index is 1.77. The highest BCUT2D eigenvalue weighted by molar-refractivity contribution is 5.93. The first-order valence-electron chi connectivity index (χ1n) is 8.71. The first kappa shape index (κ1) is 19.2. The van der Waals surface area contributed by atoms with Gasteiger partial charge in [-0.15, -0.1) is 0 Å². The zero-order valence-corrected chi connectivity index (χ0v) is 14.7. The quantitative estimate of drug-likeness (QED) is 0.803. The Morgan fingerprint density at radius 2 is 2.04 bits per heavy atom. The Hall–Kier alpha value is -2.58. The maximum atomic E-state index is 13.5. The van der Waals surface area contributed by atoms with Gasteiger partial charge in [-0.2, -0.15) is 0 Å². The van der Waals surface area contributed by atoms with E-state index < -0.39 is 17.6 Å². The van der Waals surface area contributed by atoms with Gasteiger partial charge in [0.1, 0.15) is 11.4 Å². The van der Waals surface area contributed by atoms with E-state index in [1.165, 1.54) is 12.1 Å². The predicted octanol–water partition coefficient (Wildman–Crippen LogP) is 2.13. The number of carboxylic acid groups (broad SMARTS) is 1. The number of benzene rings is 1. The number of aromatic nitrogens is 1. The standard InChI is InChI=1S/C19H21F2N3O3/c20-16-4-3-13(10-17(16)21)11-23-7-8-24(12-14(23)5-9-25)18-15(19(26)27)2-1-6-22-18/h1-4,6,10,14,25H,5,7-9,11-12H2,(H,26,27)/t14-/m0/s1. The van der Waals surface area contributed by atoms with E-state index in [0.717, 1.165) is 6.07 Å². The van der Waals surface area contributed by atoms with Crippen molar-refractivity contribution in [2.75, 3.05) is 31.1 Å². The van der Waals surface area contributed by atoms with Gasteiger partial charge in [-0.3, -0.25) is 4.90 Å². The van der Waals surface area contributed by atoms with Gasteiger partial charge in [-0.1, -0.05) is 6.07 Å². The number of halogens is 2. The molecular formula is C19H21F2N3O3. The van der Waals surface area contributed by atoms with E-state index in [1.54, 1.807) is 18.3 Å². The van der Waals surface area contributed by atoms with Crippen LogP contribution >= 0.6 is 0 Å². The van der Waals surface area contributed by atoms with Crippen molar-refractivity contribution < 1.29 is 23.8 Å². The number of aromatic carboxylic acids is 1. The predicted molar refractivity (Wildman–Crippen MR) is 95.7 cm³/mol. The van der Waals surface area contributed by atoms with Crippen molar-refractivity contribution >= 4 is 11.8 Å². The van der Waals surface area contributed by atoms with Crippen LogP contribution in [0, 0.1) is 11.6 Å². The SMILES string of the molecule is O=C(O)c1cccnc1N1CCN(Cc2ccc(F)c(F)c2)[C@@H](CCO)C1. The summed E-state index contributed by atoms with van der Waals surface area (Å²) < 4.78 is 26.6. The van der Waals surface area contributed by atoms with E-state index >= 15 is 0 Å². The highest BCUT2D eigenvalue weighted by atomic mass is 19.2. The number of aliphatic hydroxyl groups is 1. The van der Waals surface area contributed by atoms with Crippen molar-refractivity contribution in [1.82, 2.24) is 9.88 Å². The number of piperazine rings is 1. The summed E-state index contributed by atoms with van der Waals surface area (Å²) in [6, 6.07) is 6.85. The minimum absolute atomic E-state index is 0.0270. The lowest BCUT2D eigenvalue weighted by molar-refractivity contribution is 0.0696. The average molecular weight is 377 g/mol. The molecule has 1 aliphatic heterocycles. The number of anilines is 1. The van der Waals surface area contributed by atoms with Crippen LogP contribution in [0.25, 0.3) is 0 Å².